The minimum atomic E-state index is -0.102. The fourth-order valence-electron chi connectivity index (χ4n) is 2.33. The van der Waals surface area contributed by atoms with Crippen molar-refractivity contribution < 1.29 is 4.39 Å². The van der Waals surface area contributed by atoms with Crippen LogP contribution < -0.4 is 10.6 Å². The van der Waals surface area contributed by atoms with Gasteiger partial charge in [-0.25, -0.2) is 4.39 Å². The molecule has 1 aliphatic rings. The summed E-state index contributed by atoms with van der Waals surface area (Å²) in [6.07, 6.45) is 0.745. The molecule has 1 aromatic rings. The molecule has 1 heterocycles. The van der Waals surface area contributed by atoms with Crippen LogP contribution in [0.4, 0.5) is 4.39 Å². The maximum atomic E-state index is 13.4. The molecule has 1 aromatic carbocycles. The maximum absolute atomic E-state index is 13.4. The summed E-state index contributed by atoms with van der Waals surface area (Å²) in [6.45, 7) is 5.01. The number of nitrogens with one attached hydrogen (secondary N) is 2. The average molecular weight is 251 g/mol. The molecule has 18 heavy (non-hydrogen) atoms. The van der Waals surface area contributed by atoms with E-state index in [1.807, 2.05) is 12.1 Å². The summed E-state index contributed by atoms with van der Waals surface area (Å²) in [4.78, 5) is 2.33. The molecule has 0 radical (unpaired) electrons. The predicted octanol–water partition coefficient (Wildman–Crippen LogP) is 0.861. The highest BCUT2D eigenvalue weighted by atomic mass is 19.1. The fraction of sp³-hybridized carbons (Fsp3) is 0.571. The lowest BCUT2D eigenvalue weighted by molar-refractivity contribution is 0.235. The Morgan fingerprint density at radius 3 is 3.06 bits per heavy atom. The normalized spacial score (nSPS) is 21.1. The number of likely N-dealkylation sites (N-methyl/N-ethyl adjacent to an activating group) is 1. The molecule has 0 saturated carbocycles. The highest BCUT2D eigenvalue weighted by molar-refractivity contribution is 5.17. The van der Waals surface area contributed by atoms with Gasteiger partial charge in [-0.05, 0) is 31.6 Å². The smallest absolute Gasteiger partial charge is 0.126 e. The summed E-state index contributed by atoms with van der Waals surface area (Å²) in [5.74, 6) is -0.102. The third-order valence-corrected chi connectivity index (χ3v) is 3.38. The van der Waals surface area contributed by atoms with Crippen molar-refractivity contribution in [3.8, 4) is 0 Å². The number of hydrogen-bond acceptors (Lipinski definition) is 3. The first-order valence-electron chi connectivity index (χ1n) is 6.62. The molecule has 1 fully saturated rings. The van der Waals surface area contributed by atoms with Crippen molar-refractivity contribution in [2.45, 2.75) is 12.5 Å². The van der Waals surface area contributed by atoms with Gasteiger partial charge < -0.3 is 15.5 Å². The van der Waals surface area contributed by atoms with Crippen LogP contribution in [0.3, 0.4) is 0 Å². The van der Waals surface area contributed by atoms with E-state index in [1.165, 1.54) is 6.07 Å². The molecule has 100 valence electrons. The number of halogens is 1. The lowest BCUT2D eigenvalue weighted by Crippen LogP contribution is -2.53. The van der Waals surface area contributed by atoms with Crippen LogP contribution in [0.2, 0.25) is 0 Å². The van der Waals surface area contributed by atoms with E-state index in [2.05, 4.69) is 22.6 Å². The van der Waals surface area contributed by atoms with Gasteiger partial charge in [-0.1, -0.05) is 18.2 Å². The van der Waals surface area contributed by atoms with Crippen LogP contribution in [0.5, 0.6) is 0 Å². The number of benzene rings is 1. The summed E-state index contributed by atoms with van der Waals surface area (Å²) in [5.41, 5.74) is 0.790. The van der Waals surface area contributed by atoms with Gasteiger partial charge in [0.25, 0.3) is 0 Å². The second-order valence-electron chi connectivity index (χ2n) is 4.96. The van der Waals surface area contributed by atoms with Gasteiger partial charge in [0, 0.05) is 32.2 Å². The van der Waals surface area contributed by atoms with Crippen LogP contribution in [-0.4, -0.2) is 50.7 Å². The highest BCUT2D eigenvalue weighted by Crippen LogP contribution is 2.06. The SMILES string of the molecule is CN1CCNC(CNCCc2ccccc2F)C1. The number of piperazine rings is 1. The third kappa shape index (κ3) is 4.05. The Morgan fingerprint density at radius 2 is 2.28 bits per heavy atom. The summed E-state index contributed by atoms with van der Waals surface area (Å²) in [6, 6.07) is 7.49. The van der Waals surface area contributed by atoms with Crippen molar-refractivity contribution in [3.63, 3.8) is 0 Å². The summed E-state index contributed by atoms with van der Waals surface area (Å²) >= 11 is 0. The first kappa shape index (κ1) is 13.5. The summed E-state index contributed by atoms with van der Waals surface area (Å²) in [5, 5.41) is 6.88. The van der Waals surface area contributed by atoms with E-state index < -0.39 is 0 Å². The third-order valence-electron chi connectivity index (χ3n) is 3.38. The Hall–Kier alpha value is -0.970. The van der Waals surface area contributed by atoms with Gasteiger partial charge in [-0.2, -0.15) is 0 Å². The van der Waals surface area contributed by atoms with Crippen molar-refractivity contribution in [1.29, 1.82) is 0 Å². The molecule has 2 N–H and O–H groups in total. The molecule has 1 atom stereocenters. The van der Waals surface area contributed by atoms with E-state index in [0.29, 0.717) is 6.04 Å². The van der Waals surface area contributed by atoms with Gasteiger partial charge in [0.05, 0.1) is 0 Å². The van der Waals surface area contributed by atoms with E-state index >= 15 is 0 Å². The van der Waals surface area contributed by atoms with E-state index in [9.17, 15) is 4.39 Å². The van der Waals surface area contributed by atoms with Crippen molar-refractivity contribution in [2.75, 3.05) is 39.8 Å². The number of hydrogen-bond donors (Lipinski definition) is 2. The Kier molecular flexibility index (Phi) is 5.11. The zero-order valence-electron chi connectivity index (χ0n) is 11.0. The number of nitrogens with zero attached hydrogens (tertiary/aromatic N) is 1. The van der Waals surface area contributed by atoms with Crippen molar-refractivity contribution in [3.05, 3.63) is 35.6 Å². The standard InChI is InChI=1S/C14H22FN3/c1-18-9-8-17-13(11-18)10-16-7-6-12-4-2-3-5-14(12)15/h2-5,13,16-17H,6-11H2,1H3. The van der Waals surface area contributed by atoms with Crippen LogP contribution in [0.15, 0.2) is 24.3 Å². The Labute approximate surface area is 108 Å². The van der Waals surface area contributed by atoms with Gasteiger partial charge in [0.2, 0.25) is 0 Å². The Morgan fingerprint density at radius 1 is 1.44 bits per heavy atom. The molecule has 2 rings (SSSR count). The van der Waals surface area contributed by atoms with Gasteiger partial charge in [0.15, 0.2) is 0 Å². The molecule has 1 aliphatic heterocycles. The van der Waals surface area contributed by atoms with E-state index in [-0.39, 0.29) is 5.82 Å². The largest absolute Gasteiger partial charge is 0.315 e. The zero-order chi connectivity index (χ0) is 12.8. The Bertz CT molecular complexity index is 370. The van der Waals surface area contributed by atoms with Crippen LogP contribution in [0.25, 0.3) is 0 Å². The number of rotatable bonds is 5. The molecule has 0 amide bonds. The van der Waals surface area contributed by atoms with Crippen LogP contribution in [-0.2, 0) is 6.42 Å². The van der Waals surface area contributed by atoms with Gasteiger partial charge >= 0.3 is 0 Å². The molecule has 3 nitrogen and oxygen atoms in total. The van der Waals surface area contributed by atoms with E-state index in [0.717, 1.165) is 44.7 Å². The second kappa shape index (κ2) is 6.83. The molecule has 1 saturated heterocycles. The van der Waals surface area contributed by atoms with Crippen LogP contribution in [0.1, 0.15) is 5.56 Å². The molecular weight excluding hydrogens is 229 g/mol. The quantitative estimate of drug-likeness (QED) is 0.760. The van der Waals surface area contributed by atoms with Gasteiger partial charge in [-0.3, -0.25) is 0 Å². The van der Waals surface area contributed by atoms with Crippen molar-refractivity contribution in [2.24, 2.45) is 0 Å². The zero-order valence-corrected chi connectivity index (χ0v) is 11.0. The van der Waals surface area contributed by atoms with Crippen LogP contribution >= 0.6 is 0 Å². The molecule has 0 aliphatic carbocycles. The van der Waals surface area contributed by atoms with Gasteiger partial charge in [0.1, 0.15) is 5.82 Å². The first-order chi connectivity index (χ1) is 8.75. The van der Waals surface area contributed by atoms with E-state index in [1.54, 1.807) is 6.07 Å². The minimum absolute atomic E-state index is 0.102. The fourth-order valence-corrected chi connectivity index (χ4v) is 2.33. The monoisotopic (exact) mass is 251 g/mol. The van der Waals surface area contributed by atoms with Crippen molar-refractivity contribution >= 4 is 0 Å². The molecular formula is C14H22FN3. The van der Waals surface area contributed by atoms with Gasteiger partial charge in [-0.15, -0.1) is 0 Å². The lowest BCUT2D eigenvalue weighted by atomic mass is 10.1. The summed E-state index contributed by atoms with van der Waals surface area (Å²) in [7, 11) is 2.15. The topological polar surface area (TPSA) is 27.3 Å². The highest BCUT2D eigenvalue weighted by Gasteiger charge is 2.15. The molecule has 4 heteroatoms. The molecule has 0 spiro atoms. The molecule has 0 aromatic heterocycles. The minimum Gasteiger partial charge on any atom is -0.315 e. The first-order valence-corrected chi connectivity index (χ1v) is 6.62. The van der Waals surface area contributed by atoms with Crippen molar-refractivity contribution in [1.82, 2.24) is 15.5 Å². The van der Waals surface area contributed by atoms with Crippen LogP contribution in [0, 0.1) is 5.82 Å². The Balaban J connectivity index is 1.65. The second-order valence-corrected chi connectivity index (χ2v) is 4.96. The lowest BCUT2D eigenvalue weighted by Gasteiger charge is -2.31. The van der Waals surface area contributed by atoms with E-state index in [4.69, 9.17) is 0 Å². The maximum Gasteiger partial charge on any atom is 0.126 e. The predicted molar refractivity (Wildman–Crippen MR) is 72.3 cm³/mol. The molecule has 0 bridgehead atoms. The summed E-state index contributed by atoms with van der Waals surface area (Å²) < 4.78 is 13.4. The molecule has 1 unspecified atom stereocenters. The average Bonchev–Trinajstić information content (AvgIpc) is 2.37.